The largest absolute Gasteiger partial charge is 0.332 e. The number of fused-ring (bicyclic) bond motifs is 1. The van der Waals surface area contributed by atoms with Gasteiger partial charge in [0.25, 0.3) is 15.7 Å². The third-order valence-electron chi connectivity index (χ3n) is 5.59. The molecular weight excluding hydrogens is 552 g/mol. The highest BCUT2D eigenvalue weighted by Gasteiger charge is 2.13. The van der Waals surface area contributed by atoms with Gasteiger partial charge in [-0.3, -0.25) is 14.3 Å². The average molecular weight is 575 g/mol. The second-order valence-electron chi connectivity index (χ2n) is 8.52. The van der Waals surface area contributed by atoms with Crippen molar-refractivity contribution in [1.29, 1.82) is 0 Å². The molecule has 3 aromatic carbocycles. The molecule has 0 amide bonds. The van der Waals surface area contributed by atoms with Gasteiger partial charge in [-0.25, -0.2) is 4.98 Å². The summed E-state index contributed by atoms with van der Waals surface area (Å²) in [5, 5.41) is 12.9. The quantitative estimate of drug-likeness (QED) is 0.118. The van der Waals surface area contributed by atoms with Crippen molar-refractivity contribution in [3.05, 3.63) is 94.9 Å². The first-order valence-corrected chi connectivity index (χ1v) is 13.6. The molecule has 40 heavy (non-hydrogen) atoms. The monoisotopic (exact) mass is 574 g/mol. The van der Waals surface area contributed by atoms with Crippen molar-refractivity contribution < 1.29 is 13.0 Å². The van der Waals surface area contributed by atoms with Crippen molar-refractivity contribution in [3.8, 4) is 0 Å². The number of aryl methyl sites for hydroxylation is 1. The van der Waals surface area contributed by atoms with E-state index in [1.165, 1.54) is 24.3 Å². The minimum absolute atomic E-state index is 0.0941. The van der Waals surface area contributed by atoms with Gasteiger partial charge < -0.3 is 21.3 Å². The van der Waals surface area contributed by atoms with Gasteiger partial charge in [0, 0.05) is 22.7 Å². The molecule has 0 saturated carbocycles. The molecule has 5 aromatic rings. The molecule has 0 fully saturated rings. The van der Waals surface area contributed by atoms with Gasteiger partial charge in [0.2, 0.25) is 11.9 Å². The molecule has 0 unspecified atom stereocenters. The van der Waals surface area contributed by atoms with Gasteiger partial charge in [-0.1, -0.05) is 18.2 Å². The van der Waals surface area contributed by atoms with Crippen LogP contribution in [0.3, 0.4) is 0 Å². The molecular formula is C26H22N8O4S2. The van der Waals surface area contributed by atoms with Crippen LogP contribution in [0.1, 0.15) is 5.69 Å². The lowest BCUT2D eigenvalue weighted by Crippen LogP contribution is -2.18. The molecule has 2 heterocycles. The molecule has 0 atom stereocenters. The Hall–Kier alpha value is -4.92. The normalized spacial score (nSPS) is 11.2. The number of rotatable bonds is 7. The van der Waals surface area contributed by atoms with E-state index >= 15 is 0 Å². The molecule has 0 aliphatic heterocycles. The second-order valence-corrected chi connectivity index (χ2v) is 10.3. The Balaban J connectivity index is 1.31. The first-order chi connectivity index (χ1) is 19.1. The summed E-state index contributed by atoms with van der Waals surface area (Å²) in [6.07, 6.45) is 0. The molecule has 202 valence electrons. The predicted octanol–water partition coefficient (Wildman–Crippen LogP) is 4.56. The molecule has 0 radical (unpaired) electrons. The fraction of sp³-hybridized carbons (Fsp3) is 0.0385. The van der Waals surface area contributed by atoms with Gasteiger partial charge in [-0.05, 0) is 79.8 Å². The first kappa shape index (κ1) is 26.7. The number of hydrogen-bond donors (Lipinski definition) is 6. The minimum atomic E-state index is -4.32. The smallest absolute Gasteiger partial charge is 0.294 e. The van der Waals surface area contributed by atoms with Crippen molar-refractivity contribution >= 4 is 73.1 Å². The average Bonchev–Trinajstić information content (AvgIpc) is 2.90. The van der Waals surface area contributed by atoms with E-state index in [1.54, 1.807) is 6.92 Å². The van der Waals surface area contributed by atoms with E-state index in [1.807, 2.05) is 54.6 Å². The van der Waals surface area contributed by atoms with Crippen LogP contribution in [-0.4, -0.2) is 38.0 Å². The van der Waals surface area contributed by atoms with E-state index in [2.05, 4.69) is 41.2 Å². The highest BCUT2D eigenvalue weighted by Crippen LogP contribution is 2.21. The van der Waals surface area contributed by atoms with Gasteiger partial charge >= 0.3 is 0 Å². The van der Waals surface area contributed by atoms with E-state index in [9.17, 15) is 13.2 Å². The number of H-pyrrole nitrogens is 1. The summed E-state index contributed by atoms with van der Waals surface area (Å²) in [7, 11) is -4.32. The third kappa shape index (κ3) is 6.37. The van der Waals surface area contributed by atoms with Crippen molar-refractivity contribution in [2.45, 2.75) is 11.8 Å². The van der Waals surface area contributed by atoms with Crippen molar-refractivity contribution in [2.24, 2.45) is 0 Å². The number of nitrogens with zero attached hydrogens (tertiary/aromatic N) is 3. The van der Waals surface area contributed by atoms with E-state index < -0.39 is 15.7 Å². The Morgan fingerprint density at radius 3 is 2.02 bits per heavy atom. The fourth-order valence-electron chi connectivity index (χ4n) is 3.75. The van der Waals surface area contributed by atoms with Crippen LogP contribution in [0.4, 0.5) is 34.6 Å². The van der Waals surface area contributed by atoms with Crippen molar-refractivity contribution in [1.82, 2.24) is 19.9 Å². The third-order valence-corrected chi connectivity index (χ3v) is 6.67. The molecule has 0 saturated heterocycles. The number of hydrogen-bond acceptors (Lipinski definition) is 9. The SMILES string of the molecule is Cc1nc(Nc2ccc(NC(=S)Nc3ccccc3)cc2)nc2nc(Nc3ccc(S(=O)(=O)O)cc3)[nH]c(=O)c12. The van der Waals surface area contributed by atoms with Crippen LogP contribution in [-0.2, 0) is 10.1 Å². The molecule has 2 aromatic heterocycles. The number of aromatic amines is 1. The molecule has 0 aliphatic rings. The van der Waals surface area contributed by atoms with Crippen LogP contribution < -0.4 is 26.8 Å². The van der Waals surface area contributed by atoms with E-state index in [0.29, 0.717) is 22.2 Å². The van der Waals surface area contributed by atoms with Gasteiger partial charge in [0.15, 0.2) is 10.8 Å². The molecule has 0 aliphatic carbocycles. The zero-order chi connectivity index (χ0) is 28.3. The lowest BCUT2D eigenvalue weighted by Gasteiger charge is -2.12. The standard InChI is InChI=1S/C26H22N8O4S2/c1-15-21-22(33-25(34-23(21)35)29-18-11-13-20(14-12-18)40(36,37)38)32-24(27-15)28-17-7-9-19(10-8-17)31-26(39)30-16-5-3-2-4-6-16/h2-14H,1H3,(H2,30,31,39)(H,36,37,38)(H3,27,28,29,32,33,34,35). The predicted molar refractivity (Wildman–Crippen MR) is 158 cm³/mol. The Morgan fingerprint density at radius 1 is 0.800 bits per heavy atom. The van der Waals surface area contributed by atoms with Crippen LogP contribution >= 0.6 is 12.2 Å². The number of nitrogens with one attached hydrogen (secondary N) is 5. The van der Waals surface area contributed by atoms with Gasteiger partial charge in [-0.15, -0.1) is 0 Å². The van der Waals surface area contributed by atoms with Crippen LogP contribution in [0, 0.1) is 6.92 Å². The number of benzene rings is 3. The summed E-state index contributed by atoms with van der Waals surface area (Å²) in [6, 6.07) is 22.2. The molecule has 5 rings (SSSR count). The van der Waals surface area contributed by atoms with Crippen molar-refractivity contribution in [3.63, 3.8) is 0 Å². The summed E-state index contributed by atoms with van der Waals surface area (Å²) in [6.45, 7) is 1.68. The number of thiocarbonyl (C=S) groups is 1. The van der Waals surface area contributed by atoms with E-state index in [0.717, 1.165) is 11.4 Å². The molecule has 12 nitrogen and oxygen atoms in total. The zero-order valence-corrected chi connectivity index (χ0v) is 22.5. The molecule has 0 bridgehead atoms. The number of aromatic nitrogens is 4. The highest BCUT2D eigenvalue weighted by molar-refractivity contribution is 7.85. The molecule has 14 heteroatoms. The summed E-state index contributed by atoms with van der Waals surface area (Å²) in [5.41, 5.74) is 2.94. The maximum Gasteiger partial charge on any atom is 0.294 e. The fourth-order valence-corrected chi connectivity index (χ4v) is 4.47. The maximum atomic E-state index is 12.7. The van der Waals surface area contributed by atoms with Crippen LogP contribution in [0.5, 0.6) is 0 Å². The van der Waals surface area contributed by atoms with Crippen LogP contribution in [0.2, 0.25) is 0 Å². The summed E-state index contributed by atoms with van der Waals surface area (Å²) in [5.74, 6) is 0.338. The summed E-state index contributed by atoms with van der Waals surface area (Å²) in [4.78, 5) is 28.3. The summed E-state index contributed by atoms with van der Waals surface area (Å²) < 4.78 is 31.6. The Morgan fingerprint density at radius 2 is 1.38 bits per heavy atom. The lowest BCUT2D eigenvalue weighted by atomic mass is 10.2. The number of anilines is 6. The Labute approximate surface area is 233 Å². The first-order valence-electron chi connectivity index (χ1n) is 11.8. The molecule has 6 N–H and O–H groups in total. The number of para-hydroxylation sites is 1. The zero-order valence-electron chi connectivity index (χ0n) is 20.8. The Bertz CT molecular complexity index is 1860. The van der Waals surface area contributed by atoms with Crippen LogP contribution in [0.25, 0.3) is 11.0 Å². The highest BCUT2D eigenvalue weighted by atomic mass is 32.2. The lowest BCUT2D eigenvalue weighted by molar-refractivity contribution is 0.483. The minimum Gasteiger partial charge on any atom is -0.332 e. The Kier molecular flexibility index (Phi) is 7.37. The van der Waals surface area contributed by atoms with Gasteiger partial charge in [-0.2, -0.15) is 18.4 Å². The second kappa shape index (κ2) is 11.1. The van der Waals surface area contributed by atoms with Gasteiger partial charge in [0.1, 0.15) is 5.39 Å². The summed E-state index contributed by atoms with van der Waals surface area (Å²) >= 11 is 5.37. The maximum absolute atomic E-state index is 12.7. The van der Waals surface area contributed by atoms with Crippen LogP contribution in [0.15, 0.2) is 88.6 Å². The van der Waals surface area contributed by atoms with Crippen molar-refractivity contribution in [2.75, 3.05) is 21.3 Å². The van der Waals surface area contributed by atoms with E-state index in [4.69, 9.17) is 16.8 Å². The van der Waals surface area contributed by atoms with Gasteiger partial charge in [0.05, 0.1) is 10.6 Å². The van der Waals surface area contributed by atoms with E-state index in [-0.39, 0.29) is 27.8 Å². The molecule has 0 spiro atoms. The topological polar surface area (TPSA) is 174 Å².